The van der Waals surface area contributed by atoms with Crippen molar-refractivity contribution in [2.24, 2.45) is 0 Å². The standard InChI is InChI=1S/C9H11F3N4.2ClH/c10-9(11,12)7-3-8(15-5-14-7)16-6-1-2-13-4-6;;/h3,5-6,13H,1-2,4H2,(H,14,15,16);2*1H/t6-;;/m1../s1. The first kappa shape index (κ1) is 17.2. The number of nitrogens with one attached hydrogen (secondary N) is 2. The minimum Gasteiger partial charge on any atom is -0.366 e. The summed E-state index contributed by atoms with van der Waals surface area (Å²) in [5, 5.41) is 6.05. The molecular weight excluding hydrogens is 292 g/mol. The van der Waals surface area contributed by atoms with Crippen molar-refractivity contribution < 1.29 is 13.2 Å². The normalized spacial score (nSPS) is 18.7. The van der Waals surface area contributed by atoms with E-state index in [1.54, 1.807) is 0 Å². The number of rotatable bonds is 2. The van der Waals surface area contributed by atoms with E-state index in [1.165, 1.54) is 0 Å². The lowest BCUT2D eigenvalue weighted by atomic mass is 10.2. The Morgan fingerprint density at radius 2 is 2.00 bits per heavy atom. The number of hydrogen-bond acceptors (Lipinski definition) is 4. The maximum Gasteiger partial charge on any atom is 0.433 e. The molecular formula is C9H13Cl2F3N4. The van der Waals surface area contributed by atoms with Crippen LogP contribution in [-0.4, -0.2) is 29.1 Å². The minimum atomic E-state index is -4.42. The SMILES string of the molecule is Cl.Cl.FC(F)(F)c1cc(N[C@@H]2CCNC2)ncn1. The lowest BCUT2D eigenvalue weighted by Gasteiger charge is -2.13. The van der Waals surface area contributed by atoms with Crippen LogP contribution in [0.3, 0.4) is 0 Å². The zero-order valence-corrected chi connectivity index (χ0v) is 10.8. The highest BCUT2D eigenvalue weighted by Crippen LogP contribution is 2.28. The molecule has 0 bridgehead atoms. The van der Waals surface area contributed by atoms with Crippen molar-refractivity contribution >= 4 is 30.6 Å². The second-order valence-corrected chi connectivity index (χ2v) is 3.62. The van der Waals surface area contributed by atoms with Crippen molar-refractivity contribution in [1.82, 2.24) is 15.3 Å². The molecule has 1 atom stereocenters. The third-order valence-corrected chi connectivity index (χ3v) is 2.37. The fourth-order valence-electron chi connectivity index (χ4n) is 1.58. The molecule has 18 heavy (non-hydrogen) atoms. The van der Waals surface area contributed by atoms with E-state index in [4.69, 9.17) is 0 Å². The molecule has 9 heteroatoms. The number of hydrogen-bond donors (Lipinski definition) is 2. The fourth-order valence-corrected chi connectivity index (χ4v) is 1.58. The summed E-state index contributed by atoms with van der Waals surface area (Å²) in [6.07, 6.45) is -2.62. The molecule has 0 saturated carbocycles. The number of anilines is 1. The highest BCUT2D eigenvalue weighted by atomic mass is 35.5. The number of aromatic nitrogens is 2. The van der Waals surface area contributed by atoms with E-state index in [-0.39, 0.29) is 36.7 Å². The van der Waals surface area contributed by atoms with Gasteiger partial charge in [0.1, 0.15) is 17.8 Å². The van der Waals surface area contributed by atoms with Crippen LogP contribution in [0.5, 0.6) is 0 Å². The summed E-state index contributed by atoms with van der Waals surface area (Å²) >= 11 is 0. The van der Waals surface area contributed by atoms with Gasteiger partial charge in [0.05, 0.1) is 0 Å². The van der Waals surface area contributed by atoms with Crippen molar-refractivity contribution in [3.8, 4) is 0 Å². The first-order valence-electron chi connectivity index (χ1n) is 4.92. The van der Waals surface area contributed by atoms with Gasteiger partial charge >= 0.3 is 6.18 Å². The highest BCUT2D eigenvalue weighted by Gasteiger charge is 2.33. The third-order valence-electron chi connectivity index (χ3n) is 2.37. The number of alkyl halides is 3. The molecule has 1 fully saturated rings. The summed E-state index contributed by atoms with van der Waals surface area (Å²) in [5.74, 6) is 0.219. The Morgan fingerprint density at radius 3 is 2.56 bits per heavy atom. The van der Waals surface area contributed by atoms with Crippen LogP contribution in [0.4, 0.5) is 19.0 Å². The van der Waals surface area contributed by atoms with Gasteiger partial charge in [0.25, 0.3) is 0 Å². The van der Waals surface area contributed by atoms with Crippen LogP contribution in [0, 0.1) is 0 Å². The average molecular weight is 305 g/mol. The Bertz CT molecular complexity index is 369. The van der Waals surface area contributed by atoms with Crippen LogP contribution in [0.2, 0.25) is 0 Å². The summed E-state index contributed by atoms with van der Waals surface area (Å²) < 4.78 is 37.1. The van der Waals surface area contributed by atoms with E-state index in [0.29, 0.717) is 0 Å². The Hall–Kier alpha value is -0.790. The van der Waals surface area contributed by atoms with Crippen molar-refractivity contribution in [3.05, 3.63) is 18.1 Å². The van der Waals surface area contributed by atoms with Crippen LogP contribution in [0.25, 0.3) is 0 Å². The first-order chi connectivity index (χ1) is 7.55. The molecule has 104 valence electrons. The van der Waals surface area contributed by atoms with Gasteiger partial charge in [0.2, 0.25) is 0 Å². The van der Waals surface area contributed by atoms with Crippen LogP contribution in [-0.2, 0) is 6.18 Å². The molecule has 0 radical (unpaired) electrons. The monoisotopic (exact) mass is 304 g/mol. The summed E-state index contributed by atoms with van der Waals surface area (Å²) in [4.78, 5) is 6.96. The van der Waals surface area contributed by atoms with Crippen LogP contribution >= 0.6 is 24.8 Å². The van der Waals surface area contributed by atoms with Crippen molar-refractivity contribution in [2.75, 3.05) is 18.4 Å². The van der Waals surface area contributed by atoms with Gasteiger partial charge in [-0.1, -0.05) is 0 Å². The summed E-state index contributed by atoms with van der Waals surface area (Å²) in [6, 6.07) is 1.06. The fraction of sp³-hybridized carbons (Fsp3) is 0.556. The van der Waals surface area contributed by atoms with E-state index in [0.717, 1.165) is 31.9 Å². The van der Waals surface area contributed by atoms with Gasteiger partial charge < -0.3 is 10.6 Å². The van der Waals surface area contributed by atoms with Crippen LogP contribution in [0.15, 0.2) is 12.4 Å². The Balaban J connectivity index is 0.00000144. The van der Waals surface area contributed by atoms with E-state index in [9.17, 15) is 13.2 Å². The maximum absolute atomic E-state index is 12.4. The predicted octanol–water partition coefficient (Wildman–Crippen LogP) is 2.11. The van der Waals surface area contributed by atoms with Gasteiger partial charge in [-0.25, -0.2) is 9.97 Å². The smallest absolute Gasteiger partial charge is 0.366 e. The largest absolute Gasteiger partial charge is 0.433 e. The van der Waals surface area contributed by atoms with Gasteiger partial charge in [-0.3, -0.25) is 0 Å². The molecule has 1 aliphatic heterocycles. The Morgan fingerprint density at radius 1 is 1.28 bits per heavy atom. The van der Waals surface area contributed by atoms with Gasteiger partial charge in [0.15, 0.2) is 0 Å². The molecule has 0 amide bonds. The molecule has 1 aromatic rings. The van der Waals surface area contributed by atoms with Crippen molar-refractivity contribution in [2.45, 2.75) is 18.6 Å². The Kier molecular flexibility index (Phi) is 6.66. The quantitative estimate of drug-likeness (QED) is 0.879. The molecule has 1 aliphatic rings. The van der Waals surface area contributed by atoms with Crippen molar-refractivity contribution in [1.29, 1.82) is 0 Å². The average Bonchev–Trinajstić information content (AvgIpc) is 2.70. The summed E-state index contributed by atoms with van der Waals surface area (Å²) in [7, 11) is 0. The lowest BCUT2D eigenvalue weighted by molar-refractivity contribution is -0.141. The molecule has 2 rings (SSSR count). The van der Waals surface area contributed by atoms with Gasteiger partial charge in [-0.15, -0.1) is 24.8 Å². The second-order valence-electron chi connectivity index (χ2n) is 3.62. The van der Waals surface area contributed by atoms with Gasteiger partial charge in [-0.2, -0.15) is 13.2 Å². The molecule has 2 heterocycles. The van der Waals surface area contributed by atoms with Crippen LogP contribution in [0.1, 0.15) is 12.1 Å². The molecule has 0 aromatic carbocycles. The molecule has 0 aliphatic carbocycles. The molecule has 0 spiro atoms. The maximum atomic E-state index is 12.4. The lowest BCUT2D eigenvalue weighted by Crippen LogP contribution is -2.23. The predicted molar refractivity (Wildman–Crippen MR) is 66.4 cm³/mol. The zero-order valence-electron chi connectivity index (χ0n) is 9.20. The van der Waals surface area contributed by atoms with Gasteiger partial charge in [0, 0.05) is 18.7 Å². The van der Waals surface area contributed by atoms with Crippen LogP contribution < -0.4 is 10.6 Å². The summed E-state index contributed by atoms with van der Waals surface area (Å²) in [6.45, 7) is 1.61. The third kappa shape index (κ3) is 4.47. The topological polar surface area (TPSA) is 49.8 Å². The number of nitrogens with zero attached hydrogens (tertiary/aromatic N) is 2. The van der Waals surface area contributed by atoms with Crippen molar-refractivity contribution in [3.63, 3.8) is 0 Å². The number of halogens is 5. The molecule has 2 N–H and O–H groups in total. The van der Waals surface area contributed by atoms with E-state index in [1.807, 2.05) is 0 Å². The van der Waals surface area contributed by atoms with E-state index >= 15 is 0 Å². The minimum absolute atomic E-state index is 0. The molecule has 4 nitrogen and oxygen atoms in total. The second kappa shape index (κ2) is 6.96. The first-order valence-corrected chi connectivity index (χ1v) is 4.92. The van der Waals surface area contributed by atoms with E-state index < -0.39 is 11.9 Å². The molecule has 1 saturated heterocycles. The molecule has 1 aromatic heterocycles. The summed E-state index contributed by atoms with van der Waals surface area (Å²) in [5.41, 5.74) is -0.920. The van der Waals surface area contributed by atoms with E-state index in [2.05, 4.69) is 20.6 Å². The highest BCUT2D eigenvalue weighted by molar-refractivity contribution is 5.85. The zero-order chi connectivity index (χ0) is 11.6. The molecule has 0 unspecified atom stereocenters. The Labute approximate surface area is 115 Å². The van der Waals surface area contributed by atoms with Gasteiger partial charge in [-0.05, 0) is 13.0 Å².